The summed E-state index contributed by atoms with van der Waals surface area (Å²) in [6, 6.07) is 26.9. The average molecular weight is 1920 g/mol. The number of aromatic nitrogens is 6. The Bertz CT molecular complexity index is 6310. The van der Waals surface area contributed by atoms with Crippen LogP contribution in [0.4, 0.5) is 5.69 Å². The van der Waals surface area contributed by atoms with Gasteiger partial charge in [0.1, 0.15) is 47.3 Å². The third-order valence-corrected chi connectivity index (χ3v) is 29.8. The van der Waals surface area contributed by atoms with Crippen LogP contribution in [-0.2, 0) is 59.5 Å². The van der Waals surface area contributed by atoms with Crippen molar-refractivity contribution in [2.45, 2.75) is 162 Å². The standard InChI is InChI=1S/C33H41N3O7S3.C30H30N3OS3.C19H24N3O2S2.C7H8O3S.HI/c1-5-34-29(45-26(33(34)41)14-15-28-35(22(2)21-44-28)16-10-6-8-12-31(37)38)20-30-36(17-11-7-9-13-32(39)40)23-18-24(42-3)25(43-4)19-27(23)46-30;1-4-31-22-11-7-9-13-24(22)35-27(31)19-28-33(6-3)29(34)26(36-28)18-20-15-16-21(17-20)30-32(5-2)23-12-8-10-14-25(23)37-30;1-4-21-11-13-25-17(21)8-6-7-16-20(3)15(19(23)24-16)9-10-18-22(5-2)12-14-26-18;1-6-2-4-7(5-3-6)11(8,9)10;/h14-15,18-21H,5-13,16-17H2,1-4H3,(H-,37,38,39,40);7-14,17-19H,4-6,15-16H2,1-3H3;6-11,13H,4-5,12,14H2,1-3H3;2-5H,1H3,(H,8,9,10);1H/q;2*+1;;/b26-14-,28-15+;26-18?,30-21+;15-9+,18-10+;;. The van der Waals surface area contributed by atoms with E-state index in [2.05, 4.69) is 160 Å². The number of carboxylic acids is 2. The van der Waals surface area contributed by atoms with Crippen LogP contribution in [-0.4, -0.2) is 105 Å². The van der Waals surface area contributed by atoms with Crippen molar-refractivity contribution in [3.8, 4) is 11.5 Å². The maximum atomic E-state index is 13.5. The van der Waals surface area contributed by atoms with Gasteiger partial charge in [0.15, 0.2) is 24.2 Å². The number of halogens is 1. The van der Waals surface area contributed by atoms with Gasteiger partial charge in [-0.2, -0.15) is 13.7 Å². The molecule has 14 rings (SSSR count). The lowest BCUT2D eigenvalue weighted by Gasteiger charge is -2.21. The number of thiazole rings is 5. The summed E-state index contributed by atoms with van der Waals surface area (Å²) in [4.78, 5) is 69.0. The molecule has 1 aliphatic carbocycles. The van der Waals surface area contributed by atoms with E-state index in [1.165, 1.54) is 70.5 Å². The summed E-state index contributed by atoms with van der Waals surface area (Å²) in [5, 5.41) is 29.6. The minimum Gasteiger partial charge on any atom is -0.744 e. The lowest BCUT2D eigenvalue weighted by molar-refractivity contribution is -0.690. The molecular formula is C89H104IN9O13S9+2. The van der Waals surface area contributed by atoms with Crippen molar-refractivity contribution < 1.29 is 60.4 Å². The Hall–Kier alpha value is -8.55. The fourth-order valence-corrected chi connectivity index (χ4v) is 23.2. The molecule has 32 heteroatoms. The topological polar surface area (TPSA) is 251 Å². The largest absolute Gasteiger partial charge is 0.744 e. The highest BCUT2D eigenvalue weighted by Gasteiger charge is 2.29. The predicted octanol–water partition coefficient (Wildman–Crippen LogP) is 13.8. The first-order valence-corrected chi connectivity index (χ1v) is 48.4. The quantitative estimate of drug-likeness (QED) is 0.0200. The number of hydrogen-bond donors (Lipinski definition) is 2. The molecule has 0 bridgehead atoms. The Kier molecular flexibility index (Phi) is 35.4. The molecule has 10 aromatic rings. The van der Waals surface area contributed by atoms with Gasteiger partial charge in [-0.3, -0.25) is 28.3 Å². The molecule has 121 heavy (non-hydrogen) atoms. The fourth-order valence-electron chi connectivity index (χ4n) is 14.0. The van der Waals surface area contributed by atoms with Gasteiger partial charge in [0, 0.05) is 100 Å². The highest BCUT2D eigenvalue weighted by Crippen LogP contribution is 2.49. The van der Waals surface area contributed by atoms with E-state index < -0.39 is 22.1 Å². The highest BCUT2D eigenvalue weighted by molar-refractivity contribution is 14.0. The van der Waals surface area contributed by atoms with Crippen LogP contribution in [0, 0.1) is 6.92 Å². The second-order valence-electron chi connectivity index (χ2n) is 28.1. The molecule has 0 radical (unpaired) electrons. The number of oxazole rings is 1. The Morgan fingerprint density at radius 1 is 0.661 bits per heavy atom. The van der Waals surface area contributed by atoms with Crippen molar-refractivity contribution >= 4 is 207 Å². The van der Waals surface area contributed by atoms with Crippen molar-refractivity contribution in [2.24, 2.45) is 7.05 Å². The summed E-state index contributed by atoms with van der Waals surface area (Å²) < 4.78 is 65.6. The molecule has 6 aromatic heterocycles. The first kappa shape index (κ1) is 94.7. The number of aliphatic carboxylic acids is 2. The number of para-hydroxylation sites is 2. The molecule has 4 aromatic carbocycles. The van der Waals surface area contributed by atoms with Gasteiger partial charge < -0.3 is 47.9 Å². The normalized spacial score (nSPS) is 16.2. The number of rotatable bonds is 28. The number of hydrogen-bond acceptors (Lipinski definition) is 22. The molecule has 0 atom stereocenters. The molecule has 0 unspecified atom stereocenters. The molecule has 3 aliphatic heterocycles. The molecule has 22 nitrogen and oxygen atoms in total. The fraction of sp³-hybridized carbons (Fsp3) is 0.348. The second-order valence-corrected chi connectivity index (χ2v) is 37.7. The zero-order valence-corrected chi connectivity index (χ0v) is 79.5. The molecule has 2 N–H and O–H groups in total. The van der Waals surface area contributed by atoms with Gasteiger partial charge in [0.05, 0.1) is 72.6 Å². The minimum absolute atomic E-state index is 0. The minimum atomic E-state index is -4.27. The summed E-state index contributed by atoms with van der Waals surface area (Å²) in [5.74, 6) is 0.834. The number of fused-ring (bicyclic) bond motifs is 3. The molecule has 1 fully saturated rings. The number of methoxy groups -OCH3 is 2. The summed E-state index contributed by atoms with van der Waals surface area (Å²) >= 11 is 13.5. The van der Waals surface area contributed by atoms with Gasteiger partial charge >= 0.3 is 17.6 Å². The van der Waals surface area contributed by atoms with E-state index in [-0.39, 0.29) is 58.5 Å². The number of carboxylic acid groups (broad SMARTS) is 2. The predicted molar refractivity (Wildman–Crippen MR) is 508 cm³/mol. The Balaban J connectivity index is 0.000000183. The van der Waals surface area contributed by atoms with E-state index in [0.717, 1.165) is 134 Å². The summed E-state index contributed by atoms with van der Waals surface area (Å²) in [5.41, 5.74) is 8.55. The van der Waals surface area contributed by atoms with Gasteiger partial charge in [-0.1, -0.05) is 112 Å². The van der Waals surface area contributed by atoms with Gasteiger partial charge in [-0.25, -0.2) is 13.2 Å². The Morgan fingerprint density at radius 2 is 1.31 bits per heavy atom. The van der Waals surface area contributed by atoms with Crippen LogP contribution in [0.5, 0.6) is 11.5 Å². The first-order valence-electron chi connectivity index (χ1n) is 40.1. The van der Waals surface area contributed by atoms with Gasteiger partial charge in [0.2, 0.25) is 16.6 Å². The number of carbonyl (C=O) groups is 2. The monoisotopic (exact) mass is 1920 g/mol. The number of allylic oxidation sites excluding steroid dienone is 7. The van der Waals surface area contributed by atoms with Crippen molar-refractivity contribution in [1.82, 2.24) is 23.5 Å². The van der Waals surface area contributed by atoms with Crippen molar-refractivity contribution in [3.63, 3.8) is 0 Å². The van der Waals surface area contributed by atoms with Crippen LogP contribution in [0.15, 0.2) is 187 Å². The molecular weight excluding hydrogens is 1820 g/mol. The van der Waals surface area contributed by atoms with E-state index in [9.17, 15) is 36.9 Å². The van der Waals surface area contributed by atoms with Crippen LogP contribution < -0.4 is 74.1 Å². The SMILES string of the molecule is CCN1/C(=C2\C=C(C=c3sc(=Cc4sc5ccccc5[n+]4CC)n(CC)c3=O)CC2)Sc2ccccc21.CCN1CCS/C1=C/C=c1\c(=O)o/c(=C\C=C\c2scc[n+]2CC)n1C.CCn1c(=Cc2sc3cc(OC)c(OC)cc3[n+]2CCCCCC(=O)O)s/c(=C\C=C2\SC=C(C)N2CCCCCC(=O)O)c1=O.Cc1ccc(S(=O)(=O)[O-])cc1.I. The van der Waals surface area contributed by atoms with Gasteiger partial charge in [-0.15, -0.1) is 58.4 Å². The van der Waals surface area contributed by atoms with Crippen LogP contribution >= 0.6 is 116 Å². The first-order chi connectivity index (χ1) is 57.9. The van der Waals surface area contributed by atoms with Crippen LogP contribution in [0.2, 0.25) is 0 Å². The maximum Gasteiger partial charge on any atom is 0.361 e. The van der Waals surface area contributed by atoms with E-state index in [1.54, 1.807) is 92.6 Å². The third-order valence-electron chi connectivity index (χ3n) is 20.3. The Morgan fingerprint density at radius 3 is 1.98 bits per heavy atom. The van der Waals surface area contributed by atoms with E-state index in [1.807, 2.05) is 104 Å². The van der Waals surface area contributed by atoms with Crippen molar-refractivity contribution in [3.05, 3.63) is 239 Å². The summed E-state index contributed by atoms with van der Waals surface area (Å²) in [6.45, 7) is 24.1. The second kappa shape index (κ2) is 45.2. The lowest BCUT2D eigenvalue weighted by Crippen LogP contribution is -2.36. The smallest absolute Gasteiger partial charge is 0.361 e. The van der Waals surface area contributed by atoms with Crippen molar-refractivity contribution in [2.75, 3.05) is 51.1 Å². The molecule has 0 saturated carbocycles. The third kappa shape index (κ3) is 24.1. The van der Waals surface area contributed by atoms with Gasteiger partial charge in [-0.05, 0) is 183 Å². The summed E-state index contributed by atoms with van der Waals surface area (Å²) in [6.07, 6.45) is 31.3. The van der Waals surface area contributed by atoms with Gasteiger partial charge in [0.25, 0.3) is 26.1 Å². The number of benzene rings is 4. The number of aryl methyl sites for hydroxylation is 4. The number of anilines is 1. The van der Waals surface area contributed by atoms with Crippen LogP contribution in [0.1, 0.15) is 133 Å². The maximum absolute atomic E-state index is 13.5. The van der Waals surface area contributed by atoms with E-state index in [4.69, 9.17) is 24.1 Å². The number of ether oxygens (including phenoxy) is 2. The number of thioether (sulfide) groups is 3. The molecule has 0 amide bonds. The highest BCUT2D eigenvalue weighted by atomic mass is 127. The van der Waals surface area contributed by atoms with E-state index >= 15 is 0 Å². The zero-order valence-electron chi connectivity index (χ0n) is 69.8. The zero-order chi connectivity index (χ0) is 85.7. The average Bonchev–Trinajstić information content (AvgIpc) is 1.63. The lowest BCUT2D eigenvalue weighted by atomic mass is 10.2. The summed E-state index contributed by atoms with van der Waals surface area (Å²) in [7, 11) is 0.810. The van der Waals surface area contributed by atoms with Crippen LogP contribution in [0.3, 0.4) is 0 Å². The van der Waals surface area contributed by atoms with Crippen LogP contribution in [0.25, 0.3) is 63.0 Å². The number of nitrogens with zero attached hydrogens (tertiary/aromatic N) is 9. The van der Waals surface area contributed by atoms with Crippen molar-refractivity contribution in [1.29, 1.82) is 0 Å². The molecule has 0 spiro atoms. The number of unbranched alkanes of at least 4 members (excludes halogenated alkanes) is 4. The Labute approximate surface area is 754 Å². The molecule has 9 heterocycles. The molecule has 4 aliphatic rings. The molecule has 1 saturated heterocycles. The molecule has 642 valence electrons. The van der Waals surface area contributed by atoms with E-state index in [0.29, 0.717) is 59.4 Å².